The van der Waals surface area contributed by atoms with E-state index in [9.17, 15) is 13.5 Å². The third kappa shape index (κ3) is 4.02. The first-order valence-electron chi connectivity index (χ1n) is 6.33. The van der Waals surface area contributed by atoms with E-state index < -0.39 is 16.1 Å². The van der Waals surface area contributed by atoms with Gasteiger partial charge in [-0.2, -0.15) is 5.10 Å². The molecule has 2 unspecified atom stereocenters. The molecule has 0 aliphatic carbocycles. The standard InChI is InChI=1S/C12H23N3O3S/c1-8(6-9(2)16)7-13-19(17,18)12-10(3)14-15(5)11(12)4/h8-9,13,16H,6-7H2,1-5H3. The maximum atomic E-state index is 12.3. The Morgan fingerprint density at radius 3 is 2.37 bits per heavy atom. The molecule has 0 aliphatic heterocycles. The lowest BCUT2D eigenvalue weighted by Crippen LogP contribution is -2.30. The maximum Gasteiger partial charge on any atom is 0.244 e. The van der Waals surface area contributed by atoms with Crippen molar-refractivity contribution in [3.63, 3.8) is 0 Å². The summed E-state index contributed by atoms with van der Waals surface area (Å²) in [5.74, 6) is 0.0760. The molecular weight excluding hydrogens is 266 g/mol. The first-order valence-corrected chi connectivity index (χ1v) is 7.81. The predicted octanol–water partition coefficient (Wildman–Crippen LogP) is 0.722. The molecule has 0 saturated carbocycles. The molecule has 1 aromatic rings. The van der Waals surface area contributed by atoms with Gasteiger partial charge >= 0.3 is 0 Å². The van der Waals surface area contributed by atoms with Crippen molar-refractivity contribution in [1.29, 1.82) is 0 Å². The maximum absolute atomic E-state index is 12.3. The fourth-order valence-corrected chi connectivity index (χ4v) is 3.73. The SMILES string of the molecule is Cc1nn(C)c(C)c1S(=O)(=O)NCC(C)CC(C)O. The molecule has 19 heavy (non-hydrogen) atoms. The third-order valence-corrected chi connectivity index (χ3v) is 4.75. The smallest absolute Gasteiger partial charge is 0.244 e. The van der Waals surface area contributed by atoms with E-state index in [-0.39, 0.29) is 10.8 Å². The van der Waals surface area contributed by atoms with Gasteiger partial charge in [0.2, 0.25) is 10.0 Å². The highest BCUT2D eigenvalue weighted by Crippen LogP contribution is 2.18. The molecule has 0 aromatic carbocycles. The van der Waals surface area contributed by atoms with E-state index in [1.165, 1.54) is 0 Å². The van der Waals surface area contributed by atoms with Crippen LogP contribution in [0, 0.1) is 19.8 Å². The highest BCUT2D eigenvalue weighted by molar-refractivity contribution is 7.89. The number of aryl methyl sites for hydroxylation is 2. The average Bonchev–Trinajstić information content (AvgIpc) is 2.50. The number of nitrogens with one attached hydrogen (secondary N) is 1. The Morgan fingerprint density at radius 2 is 1.95 bits per heavy atom. The summed E-state index contributed by atoms with van der Waals surface area (Å²) in [5.41, 5.74) is 1.11. The molecule has 0 radical (unpaired) electrons. The Bertz CT molecular complexity index is 535. The van der Waals surface area contributed by atoms with Crippen molar-refractivity contribution in [2.75, 3.05) is 6.54 Å². The Hall–Kier alpha value is -0.920. The van der Waals surface area contributed by atoms with E-state index >= 15 is 0 Å². The molecule has 7 heteroatoms. The Labute approximate surface area is 114 Å². The zero-order valence-corrected chi connectivity index (χ0v) is 13.0. The van der Waals surface area contributed by atoms with Crippen LogP contribution in [0.5, 0.6) is 0 Å². The van der Waals surface area contributed by atoms with Crippen LogP contribution in [0.3, 0.4) is 0 Å². The number of hydrogen-bond acceptors (Lipinski definition) is 4. The van der Waals surface area contributed by atoms with Gasteiger partial charge in [0, 0.05) is 13.6 Å². The summed E-state index contributed by atoms with van der Waals surface area (Å²) in [6.07, 6.45) is 0.134. The van der Waals surface area contributed by atoms with E-state index in [2.05, 4.69) is 9.82 Å². The molecule has 0 fully saturated rings. The largest absolute Gasteiger partial charge is 0.393 e. The van der Waals surface area contributed by atoms with Gasteiger partial charge in [0.25, 0.3) is 0 Å². The predicted molar refractivity (Wildman–Crippen MR) is 73.3 cm³/mol. The fraction of sp³-hybridized carbons (Fsp3) is 0.750. The monoisotopic (exact) mass is 289 g/mol. The molecule has 110 valence electrons. The number of aliphatic hydroxyl groups is 1. The lowest BCUT2D eigenvalue weighted by Gasteiger charge is -2.14. The van der Waals surface area contributed by atoms with Gasteiger partial charge < -0.3 is 5.11 Å². The van der Waals surface area contributed by atoms with Crippen molar-refractivity contribution in [1.82, 2.24) is 14.5 Å². The van der Waals surface area contributed by atoms with Crippen LogP contribution in [0.15, 0.2) is 4.90 Å². The number of aromatic nitrogens is 2. The third-order valence-electron chi connectivity index (χ3n) is 3.08. The minimum absolute atomic E-state index is 0.0760. The van der Waals surface area contributed by atoms with Crippen LogP contribution in [0.1, 0.15) is 31.7 Å². The Morgan fingerprint density at radius 1 is 1.37 bits per heavy atom. The normalized spacial score (nSPS) is 15.5. The van der Waals surface area contributed by atoms with Crippen LogP contribution >= 0.6 is 0 Å². The van der Waals surface area contributed by atoms with E-state index in [1.807, 2.05) is 6.92 Å². The molecule has 1 aromatic heterocycles. The summed E-state index contributed by atoms with van der Waals surface area (Å²) >= 11 is 0. The van der Waals surface area contributed by atoms with Crippen LogP contribution in [0.2, 0.25) is 0 Å². The zero-order valence-electron chi connectivity index (χ0n) is 12.1. The minimum Gasteiger partial charge on any atom is -0.393 e. The van der Waals surface area contributed by atoms with Gasteiger partial charge in [-0.3, -0.25) is 4.68 Å². The lowest BCUT2D eigenvalue weighted by atomic mass is 10.1. The molecule has 0 aliphatic rings. The van der Waals surface area contributed by atoms with Gasteiger partial charge in [-0.25, -0.2) is 13.1 Å². The zero-order chi connectivity index (χ0) is 14.8. The first kappa shape index (κ1) is 16.1. The number of rotatable bonds is 6. The fourth-order valence-electron chi connectivity index (χ4n) is 2.13. The van der Waals surface area contributed by atoms with Crippen LogP contribution in [-0.2, 0) is 17.1 Å². The molecule has 2 N–H and O–H groups in total. The Balaban J connectivity index is 2.82. The second-order valence-electron chi connectivity index (χ2n) is 5.17. The molecular formula is C12H23N3O3S. The molecule has 1 heterocycles. The quantitative estimate of drug-likeness (QED) is 0.808. The summed E-state index contributed by atoms with van der Waals surface area (Å²) in [6, 6.07) is 0. The number of aliphatic hydroxyl groups excluding tert-OH is 1. The van der Waals surface area contributed by atoms with E-state index in [4.69, 9.17) is 0 Å². The highest BCUT2D eigenvalue weighted by Gasteiger charge is 2.24. The second-order valence-corrected chi connectivity index (χ2v) is 6.87. The molecule has 6 nitrogen and oxygen atoms in total. The molecule has 0 amide bonds. The van der Waals surface area contributed by atoms with E-state index in [0.29, 0.717) is 24.4 Å². The second kappa shape index (κ2) is 6.02. The number of hydrogen-bond donors (Lipinski definition) is 2. The summed E-state index contributed by atoms with van der Waals surface area (Å²) in [6.45, 7) is 7.31. The summed E-state index contributed by atoms with van der Waals surface area (Å²) in [7, 11) is -1.83. The molecule has 2 atom stereocenters. The van der Waals surface area contributed by atoms with Gasteiger partial charge in [-0.05, 0) is 33.1 Å². The van der Waals surface area contributed by atoms with E-state index in [0.717, 1.165) is 0 Å². The van der Waals surface area contributed by atoms with Gasteiger partial charge in [0.15, 0.2) is 0 Å². The van der Waals surface area contributed by atoms with Crippen molar-refractivity contribution in [3.05, 3.63) is 11.4 Å². The highest BCUT2D eigenvalue weighted by atomic mass is 32.2. The molecule has 0 bridgehead atoms. The van der Waals surface area contributed by atoms with Crippen molar-refractivity contribution in [2.24, 2.45) is 13.0 Å². The summed E-state index contributed by atoms with van der Waals surface area (Å²) in [5, 5.41) is 13.4. The van der Waals surface area contributed by atoms with Crippen LogP contribution < -0.4 is 4.72 Å². The summed E-state index contributed by atoms with van der Waals surface area (Å²) in [4.78, 5) is 0.249. The van der Waals surface area contributed by atoms with Crippen molar-refractivity contribution in [3.8, 4) is 0 Å². The van der Waals surface area contributed by atoms with Gasteiger partial charge in [-0.15, -0.1) is 0 Å². The van der Waals surface area contributed by atoms with Gasteiger partial charge in [0.1, 0.15) is 4.90 Å². The van der Waals surface area contributed by atoms with Crippen LogP contribution in [-0.4, -0.2) is 36.0 Å². The lowest BCUT2D eigenvalue weighted by molar-refractivity contribution is 0.165. The first-order chi connectivity index (χ1) is 8.65. The topological polar surface area (TPSA) is 84.2 Å². The van der Waals surface area contributed by atoms with Crippen molar-refractivity contribution in [2.45, 2.75) is 45.1 Å². The number of sulfonamides is 1. The molecule has 0 spiro atoms. The van der Waals surface area contributed by atoms with E-state index in [1.54, 1.807) is 32.5 Å². The molecule has 0 saturated heterocycles. The van der Waals surface area contributed by atoms with Crippen LogP contribution in [0.25, 0.3) is 0 Å². The van der Waals surface area contributed by atoms with Crippen LogP contribution in [0.4, 0.5) is 0 Å². The molecule has 1 rings (SSSR count). The Kier molecular flexibility index (Phi) is 5.11. The van der Waals surface area contributed by atoms with Crippen molar-refractivity contribution < 1.29 is 13.5 Å². The van der Waals surface area contributed by atoms with Crippen molar-refractivity contribution >= 4 is 10.0 Å². The summed E-state index contributed by atoms with van der Waals surface area (Å²) < 4.78 is 28.6. The average molecular weight is 289 g/mol. The van der Waals surface area contributed by atoms with Gasteiger partial charge in [0.05, 0.1) is 17.5 Å². The van der Waals surface area contributed by atoms with Gasteiger partial charge in [-0.1, -0.05) is 6.92 Å². The number of nitrogens with zero attached hydrogens (tertiary/aromatic N) is 2. The minimum atomic E-state index is -3.55.